The van der Waals surface area contributed by atoms with Crippen molar-refractivity contribution in [2.45, 2.75) is 12.5 Å². The minimum Gasteiger partial charge on any atom is -0.505 e. The Labute approximate surface area is 72.8 Å². The highest BCUT2D eigenvalue weighted by molar-refractivity contribution is 5.29. The van der Waals surface area contributed by atoms with Gasteiger partial charge < -0.3 is 10.8 Å². The van der Waals surface area contributed by atoms with Crippen LogP contribution in [-0.4, -0.2) is 11.5 Å². The molecule has 3 N–H and O–H groups in total. The first-order valence-electron chi connectivity index (χ1n) is 3.54. The summed E-state index contributed by atoms with van der Waals surface area (Å²) in [5, 5.41) is 8.76. The zero-order chi connectivity index (χ0) is 10.0. The third kappa shape index (κ3) is 2.12. The molecule has 0 heterocycles. The maximum Gasteiger partial charge on any atom is 0.257 e. The molecule has 1 atom stereocenters. The van der Waals surface area contributed by atoms with Gasteiger partial charge >= 0.3 is 0 Å². The first-order valence-corrected chi connectivity index (χ1v) is 3.54. The molecule has 1 rings (SSSR count). The van der Waals surface area contributed by atoms with E-state index in [4.69, 9.17) is 10.8 Å². The van der Waals surface area contributed by atoms with Crippen molar-refractivity contribution in [1.82, 2.24) is 0 Å². The molecule has 2 nitrogen and oxygen atoms in total. The second kappa shape index (κ2) is 3.66. The van der Waals surface area contributed by atoms with Gasteiger partial charge in [0.15, 0.2) is 11.6 Å². The highest BCUT2D eigenvalue weighted by Gasteiger charge is 2.18. The van der Waals surface area contributed by atoms with Crippen LogP contribution in [0.1, 0.15) is 11.6 Å². The Hall–Kier alpha value is -1.23. The van der Waals surface area contributed by atoms with Gasteiger partial charge in [0.05, 0.1) is 6.04 Å². The molecular weight excluding hydrogens is 183 g/mol. The summed E-state index contributed by atoms with van der Waals surface area (Å²) in [5.41, 5.74) is 5.02. The van der Waals surface area contributed by atoms with E-state index in [0.717, 1.165) is 18.2 Å². The highest BCUT2D eigenvalue weighted by Crippen LogP contribution is 2.22. The summed E-state index contributed by atoms with van der Waals surface area (Å²) in [6, 6.07) is 1.43. The molecule has 0 fully saturated rings. The van der Waals surface area contributed by atoms with E-state index in [1.54, 1.807) is 0 Å². The van der Waals surface area contributed by atoms with Crippen LogP contribution in [0.5, 0.6) is 5.75 Å². The number of phenols is 1. The summed E-state index contributed by atoms with van der Waals surface area (Å²) in [6.45, 7) is 0. The molecule has 0 saturated heterocycles. The van der Waals surface area contributed by atoms with Crippen LogP contribution < -0.4 is 5.73 Å². The van der Waals surface area contributed by atoms with E-state index < -0.39 is 24.0 Å². The maximum atomic E-state index is 12.7. The number of aromatic hydroxyl groups is 1. The third-order valence-electron chi connectivity index (χ3n) is 1.63. The molecule has 1 aromatic rings. The number of hydrogen-bond donors (Lipinski definition) is 2. The summed E-state index contributed by atoms with van der Waals surface area (Å²) < 4.78 is 36.7. The van der Waals surface area contributed by atoms with Gasteiger partial charge in [0, 0.05) is 0 Å². The normalized spacial score (nSPS) is 13.3. The Morgan fingerprint density at radius 2 is 1.92 bits per heavy atom. The molecular formula is C8H8F3NO. The summed E-state index contributed by atoms with van der Waals surface area (Å²) in [4.78, 5) is 0. The Bertz CT molecular complexity index is 303. The summed E-state index contributed by atoms with van der Waals surface area (Å²) in [6.07, 6.45) is -2.75. The molecule has 0 aromatic heterocycles. The van der Waals surface area contributed by atoms with Crippen molar-refractivity contribution in [2.24, 2.45) is 5.73 Å². The van der Waals surface area contributed by atoms with Gasteiger partial charge in [0.25, 0.3) is 6.43 Å². The van der Waals surface area contributed by atoms with Crippen LogP contribution >= 0.6 is 0 Å². The van der Waals surface area contributed by atoms with Crippen LogP contribution in [0.4, 0.5) is 13.2 Å². The molecule has 0 bridgehead atoms. The van der Waals surface area contributed by atoms with Crippen molar-refractivity contribution in [3.05, 3.63) is 29.6 Å². The van der Waals surface area contributed by atoms with Crippen LogP contribution in [0.15, 0.2) is 18.2 Å². The molecule has 0 spiro atoms. The quantitative estimate of drug-likeness (QED) is 0.748. The van der Waals surface area contributed by atoms with Crippen LogP contribution in [0.2, 0.25) is 0 Å². The summed E-state index contributed by atoms with van der Waals surface area (Å²) >= 11 is 0. The van der Waals surface area contributed by atoms with Crippen molar-refractivity contribution in [3.63, 3.8) is 0 Å². The van der Waals surface area contributed by atoms with E-state index in [9.17, 15) is 13.2 Å². The molecule has 0 aliphatic carbocycles. The van der Waals surface area contributed by atoms with Gasteiger partial charge in [-0.05, 0) is 17.7 Å². The lowest BCUT2D eigenvalue weighted by molar-refractivity contribution is 0.116. The maximum absolute atomic E-state index is 12.7. The third-order valence-corrected chi connectivity index (χ3v) is 1.63. The fourth-order valence-corrected chi connectivity index (χ4v) is 0.876. The average molecular weight is 191 g/mol. The predicted octanol–water partition coefficient (Wildman–Crippen LogP) is 1.80. The van der Waals surface area contributed by atoms with Crippen molar-refractivity contribution in [3.8, 4) is 5.75 Å². The summed E-state index contributed by atoms with van der Waals surface area (Å²) in [7, 11) is 0. The van der Waals surface area contributed by atoms with Crippen LogP contribution in [-0.2, 0) is 0 Å². The Balaban J connectivity index is 2.97. The standard InChI is InChI=1S/C8H8F3NO/c9-5-3-4(1-2-6(5)13)7(12)8(10)11/h1-3,7-8,13H,12H2. The molecule has 13 heavy (non-hydrogen) atoms. The first kappa shape index (κ1) is 9.85. The molecule has 0 radical (unpaired) electrons. The predicted molar refractivity (Wildman–Crippen MR) is 41.0 cm³/mol. The number of halogens is 3. The molecule has 0 amide bonds. The highest BCUT2D eigenvalue weighted by atomic mass is 19.3. The van der Waals surface area contributed by atoms with Crippen LogP contribution in [0, 0.1) is 5.82 Å². The monoisotopic (exact) mass is 191 g/mol. The zero-order valence-corrected chi connectivity index (χ0v) is 6.55. The van der Waals surface area contributed by atoms with E-state index in [1.807, 2.05) is 0 Å². The zero-order valence-electron chi connectivity index (χ0n) is 6.55. The largest absolute Gasteiger partial charge is 0.505 e. The topological polar surface area (TPSA) is 46.2 Å². The molecule has 1 aromatic carbocycles. The van der Waals surface area contributed by atoms with Crippen molar-refractivity contribution < 1.29 is 18.3 Å². The fourth-order valence-electron chi connectivity index (χ4n) is 0.876. The van der Waals surface area contributed by atoms with E-state index in [0.29, 0.717) is 0 Å². The lowest BCUT2D eigenvalue weighted by atomic mass is 10.1. The van der Waals surface area contributed by atoms with Gasteiger partial charge in [-0.25, -0.2) is 13.2 Å². The Morgan fingerprint density at radius 3 is 2.38 bits per heavy atom. The van der Waals surface area contributed by atoms with Gasteiger partial charge in [0.2, 0.25) is 0 Å². The Kier molecular flexibility index (Phi) is 2.77. The van der Waals surface area contributed by atoms with E-state index in [1.165, 1.54) is 0 Å². The smallest absolute Gasteiger partial charge is 0.257 e. The number of rotatable bonds is 2. The first-order chi connectivity index (χ1) is 6.02. The number of alkyl halides is 2. The number of hydrogen-bond acceptors (Lipinski definition) is 2. The number of benzene rings is 1. The van der Waals surface area contributed by atoms with Gasteiger partial charge in [0.1, 0.15) is 0 Å². The lowest BCUT2D eigenvalue weighted by Gasteiger charge is -2.10. The SMILES string of the molecule is NC(c1ccc(O)c(F)c1)C(F)F. The fraction of sp³-hybridized carbons (Fsp3) is 0.250. The molecule has 0 aliphatic rings. The summed E-state index contributed by atoms with van der Waals surface area (Å²) in [5.74, 6) is -1.53. The minimum absolute atomic E-state index is 0.0368. The van der Waals surface area contributed by atoms with Gasteiger partial charge in [-0.2, -0.15) is 0 Å². The van der Waals surface area contributed by atoms with E-state index in [-0.39, 0.29) is 5.56 Å². The van der Waals surface area contributed by atoms with Gasteiger partial charge in [-0.1, -0.05) is 6.07 Å². The average Bonchev–Trinajstić information content (AvgIpc) is 2.08. The molecule has 5 heteroatoms. The van der Waals surface area contributed by atoms with Crippen LogP contribution in [0.25, 0.3) is 0 Å². The number of phenolic OH excluding ortho intramolecular Hbond substituents is 1. The molecule has 0 saturated carbocycles. The lowest BCUT2D eigenvalue weighted by Crippen LogP contribution is -2.18. The number of nitrogens with two attached hydrogens (primary N) is 1. The van der Waals surface area contributed by atoms with Gasteiger partial charge in [-0.15, -0.1) is 0 Å². The van der Waals surface area contributed by atoms with Crippen molar-refractivity contribution in [2.75, 3.05) is 0 Å². The van der Waals surface area contributed by atoms with Crippen LogP contribution in [0.3, 0.4) is 0 Å². The minimum atomic E-state index is -2.75. The van der Waals surface area contributed by atoms with Crippen molar-refractivity contribution >= 4 is 0 Å². The molecule has 0 aliphatic heterocycles. The Morgan fingerprint density at radius 1 is 1.31 bits per heavy atom. The molecule has 1 unspecified atom stereocenters. The van der Waals surface area contributed by atoms with Crippen molar-refractivity contribution in [1.29, 1.82) is 0 Å². The molecule has 72 valence electrons. The second-order valence-electron chi connectivity index (χ2n) is 2.57. The van der Waals surface area contributed by atoms with E-state index >= 15 is 0 Å². The van der Waals surface area contributed by atoms with Gasteiger partial charge in [-0.3, -0.25) is 0 Å². The van der Waals surface area contributed by atoms with E-state index in [2.05, 4.69) is 0 Å². The second-order valence-corrected chi connectivity index (χ2v) is 2.57.